The van der Waals surface area contributed by atoms with Gasteiger partial charge in [-0.25, -0.2) is 4.79 Å². The van der Waals surface area contributed by atoms with Crippen molar-refractivity contribution in [2.45, 2.75) is 47.1 Å². The molecule has 0 radical (unpaired) electrons. The highest BCUT2D eigenvalue weighted by molar-refractivity contribution is 5.70. The molecule has 1 aliphatic heterocycles. The summed E-state index contributed by atoms with van der Waals surface area (Å²) >= 11 is 0. The van der Waals surface area contributed by atoms with Crippen molar-refractivity contribution < 1.29 is 9.53 Å². The molecular formula is C22H31NO2. The number of nitrogens with zero attached hydrogens (tertiary/aromatic N) is 1. The molecule has 3 rings (SSSR count). The maximum Gasteiger partial charge on any atom is 0.410 e. The first-order valence-corrected chi connectivity index (χ1v) is 9.37. The van der Waals surface area contributed by atoms with Gasteiger partial charge >= 0.3 is 6.09 Å². The Morgan fingerprint density at radius 3 is 2.24 bits per heavy atom. The zero-order valence-corrected chi connectivity index (χ0v) is 16.2. The van der Waals surface area contributed by atoms with Crippen LogP contribution in [0.1, 0.15) is 57.4 Å². The van der Waals surface area contributed by atoms with Crippen LogP contribution >= 0.6 is 0 Å². The fourth-order valence-electron chi connectivity index (χ4n) is 2.96. The van der Waals surface area contributed by atoms with Crippen molar-refractivity contribution in [3.8, 4) is 0 Å². The molecule has 1 unspecified atom stereocenters. The number of ether oxygens (including phenoxy) is 1. The second kappa shape index (κ2) is 11.3. The first kappa shape index (κ1) is 20.8. The van der Waals surface area contributed by atoms with Gasteiger partial charge in [0.05, 0.1) is 12.6 Å². The van der Waals surface area contributed by atoms with Crippen LogP contribution in [0.3, 0.4) is 0 Å². The molecule has 0 fully saturated rings. The van der Waals surface area contributed by atoms with Crippen molar-refractivity contribution in [1.82, 2.24) is 4.90 Å². The summed E-state index contributed by atoms with van der Waals surface area (Å²) in [6.07, 6.45) is 0.638. The molecule has 25 heavy (non-hydrogen) atoms. The molecule has 1 atom stereocenters. The zero-order valence-electron chi connectivity index (χ0n) is 16.2. The first-order valence-electron chi connectivity index (χ1n) is 9.37. The molecule has 0 saturated carbocycles. The Kier molecular flexibility index (Phi) is 9.38. The number of carbonyl (C=O) groups excluding carboxylic acids is 1. The third kappa shape index (κ3) is 5.09. The summed E-state index contributed by atoms with van der Waals surface area (Å²) in [7, 11) is 0. The molecular weight excluding hydrogens is 310 g/mol. The topological polar surface area (TPSA) is 29.5 Å². The van der Waals surface area contributed by atoms with Crippen LogP contribution in [0.2, 0.25) is 0 Å². The largest absolute Gasteiger partial charge is 0.450 e. The van der Waals surface area contributed by atoms with Crippen molar-refractivity contribution in [2.75, 3.05) is 13.2 Å². The lowest BCUT2D eigenvalue weighted by Crippen LogP contribution is -2.40. The average molecular weight is 341 g/mol. The third-order valence-corrected chi connectivity index (χ3v) is 3.90. The van der Waals surface area contributed by atoms with Gasteiger partial charge in [0.25, 0.3) is 0 Å². The van der Waals surface area contributed by atoms with Gasteiger partial charge in [-0.15, -0.1) is 0 Å². The number of hydrogen-bond acceptors (Lipinski definition) is 2. The Hall–Kier alpha value is -2.29. The van der Waals surface area contributed by atoms with Gasteiger partial charge in [0, 0.05) is 6.54 Å². The Labute approximate surface area is 152 Å². The van der Waals surface area contributed by atoms with Crippen molar-refractivity contribution in [1.29, 1.82) is 0 Å². The van der Waals surface area contributed by atoms with Crippen LogP contribution in [-0.4, -0.2) is 24.1 Å². The van der Waals surface area contributed by atoms with Gasteiger partial charge in [0.15, 0.2) is 0 Å². The molecule has 1 amide bonds. The fourth-order valence-corrected chi connectivity index (χ4v) is 2.96. The minimum Gasteiger partial charge on any atom is -0.450 e. The summed E-state index contributed by atoms with van der Waals surface area (Å²) < 4.78 is 5.24. The van der Waals surface area contributed by atoms with Crippen molar-refractivity contribution >= 4 is 6.09 Å². The normalized spacial score (nSPS) is 14.9. The van der Waals surface area contributed by atoms with E-state index >= 15 is 0 Å². The van der Waals surface area contributed by atoms with E-state index in [1.807, 2.05) is 63.8 Å². The molecule has 3 nitrogen and oxygen atoms in total. The Balaban J connectivity index is 0.000000730. The zero-order chi connectivity index (χ0) is 18.7. The van der Waals surface area contributed by atoms with Crippen LogP contribution in [0.15, 0.2) is 54.6 Å². The molecule has 0 saturated heterocycles. The van der Waals surface area contributed by atoms with E-state index in [2.05, 4.69) is 30.3 Å². The maximum absolute atomic E-state index is 12.3. The molecule has 0 aliphatic carbocycles. The van der Waals surface area contributed by atoms with Gasteiger partial charge in [-0.1, -0.05) is 82.3 Å². The number of benzene rings is 2. The quantitative estimate of drug-likeness (QED) is 0.686. The summed E-state index contributed by atoms with van der Waals surface area (Å²) in [4.78, 5) is 14.1. The van der Waals surface area contributed by atoms with Gasteiger partial charge in [0.2, 0.25) is 0 Å². The number of amides is 1. The smallest absolute Gasteiger partial charge is 0.410 e. The predicted octanol–water partition coefficient (Wildman–Crippen LogP) is 5.84. The molecule has 2 aromatic carbocycles. The summed E-state index contributed by atoms with van der Waals surface area (Å²) in [5.74, 6) is 0. The van der Waals surface area contributed by atoms with Crippen LogP contribution in [0.25, 0.3) is 0 Å². The van der Waals surface area contributed by atoms with E-state index in [4.69, 9.17) is 4.74 Å². The Morgan fingerprint density at radius 2 is 1.60 bits per heavy atom. The molecule has 2 aromatic rings. The van der Waals surface area contributed by atoms with E-state index in [-0.39, 0.29) is 12.1 Å². The minimum atomic E-state index is -0.235. The van der Waals surface area contributed by atoms with Gasteiger partial charge in [-0.2, -0.15) is 0 Å². The summed E-state index contributed by atoms with van der Waals surface area (Å²) in [6.45, 7) is 10.9. The van der Waals surface area contributed by atoms with E-state index in [0.717, 1.165) is 12.0 Å². The molecule has 1 aliphatic rings. The summed E-state index contributed by atoms with van der Waals surface area (Å²) in [5, 5.41) is 0. The fraction of sp³-hybridized carbons (Fsp3) is 0.409. The summed E-state index contributed by atoms with van der Waals surface area (Å²) in [5.41, 5.74) is 3.63. The lowest BCUT2D eigenvalue weighted by Gasteiger charge is -2.36. The SMILES string of the molecule is CC.CC.CCOC(=O)N1CCc2ccccc2C1c1ccccc1. The molecule has 0 N–H and O–H groups in total. The third-order valence-electron chi connectivity index (χ3n) is 3.90. The molecule has 0 spiro atoms. The predicted molar refractivity (Wildman–Crippen MR) is 105 cm³/mol. The number of rotatable bonds is 2. The van der Waals surface area contributed by atoms with Crippen LogP contribution in [-0.2, 0) is 11.2 Å². The molecule has 1 heterocycles. The molecule has 0 bridgehead atoms. The minimum absolute atomic E-state index is 0.0600. The van der Waals surface area contributed by atoms with E-state index in [1.54, 1.807) is 0 Å². The average Bonchev–Trinajstić information content (AvgIpc) is 2.71. The first-order chi connectivity index (χ1) is 12.3. The van der Waals surface area contributed by atoms with Crippen molar-refractivity contribution in [3.63, 3.8) is 0 Å². The highest BCUT2D eigenvalue weighted by Crippen LogP contribution is 2.35. The van der Waals surface area contributed by atoms with E-state index in [9.17, 15) is 4.79 Å². The Bertz CT molecular complexity index is 625. The number of fused-ring (bicyclic) bond motifs is 1. The van der Waals surface area contributed by atoms with E-state index < -0.39 is 0 Å². The monoisotopic (exact) mass is 341 g/mol. The highest BCUT2D eigenvalue weighted by atomic mass is 16.6. The van der Waals surface area contributed by atoms with Crippen LogP contribution in [0, 0.1) is 0 Å². The van der Waals surface area contributed by atoms with Crippen LogP contribution in [0.5, 0.6) is 0 Å². The van der Waals surface area contributed by atoms with E-state index in [0.29, 0.717) is 13.2 Å². The molecule has 3 heteroatoms. The highest BCUT2D eigenvalue weighted by Gasteiger charge is 2.32. The van der Waals surface area contributed by atoms with Crippen molar-refractivity contribution in [2.24, 2.45) is 0 Å². The second-order valence-corrected chi connectivity index (χ2v) is 5.15. The maximum atomic E-state index is 12.3. The van der Waals surface area contributed by atoms with Gasteiger partial charge in [0.1, 0.15) is 0 Å². The second-order valence-electron chi connectivity index (χ2n) is 5.15. The molecule has 0 aromatic heterocycles. The lowest BCUT2D eigenvalue weighted by atomic mass is 9.88. The van der Waals surface area contributed by atoms with Crippen LogP contribution < -0.4 is 0 Å². The Morgan fingerprint density at radius 1 is 1.00 bits per heavy atom. The lowest BCUT2D eigenvalue weighted by molar-refractivity contribution is 0.0937. The summed E-state index contributed by atoms with van der Waals surface area (Å²) in [6, 6.07) is 18.4. The van der Waals surface area contributed by atoms with Crippen LogP contribution in [0.4, 0.5) is 4.79 Å². The standard InChI is InChI=1S/C18H19NO2.2C2H6/c1-2-21-18(20)19-13-12-14-8-6-7-11-16(14)17(19)15-9-4-3-5-10-15;2*1-2/h3-11,17H,2,12-13H2,1H3;2*1-2H3. The number of hydrogen-bond donors (Lipinski definition) is 0. The van der Waals surface area contributed by atoms with Gasteiger partial charge in [-0.3, -0.25) is 4.90 Å². The van der Waals surface area contributed by atoms with E-state index in [1.165, 1.54) is 11.1 Å². The van der Waals surface area contributed by atoms with Gasteiger partial charge in [-0.05, 0) is 30.0 Å². The number of carbonyl (C=O) groups is 1. The van der Waals surface area contributed by atoms with Crippen molar-refractivity contribution in [3.05, 3.63) is 71.3 Å². The van der Waals surface area contributed by atoms with Gasteiger partial charge < -0.3 is 4.74 Å². The molecule has 136 valence electrons.